The van der Waals surface area contributed by atoms with Crippen LogP contribution in [0.5, 0.6) is 5.75 Å². The summed E-state index contributed by atoms with van der Waals surface area (Å²) in [5.41, 5.74) is 5.91. The smallest absolute Gasteiger partial charge is 0.155 e. The van der Waals surface area contributed by atoms with E-state index in [1.165, 1.54) is 12.8 Å². The summed E-state index contributed by atoms with van der Waals surface area (Å²) in [4.78, 5) is 8.48. The lowest BCUT2D eigenvalue weighted by atomic mass is 9.98. The lowest BCUT2D eigenvalue weighted by Gasteiger charge is -2.21. The van der Waals surface area contributed by atoms with Gasteiger partial charge in [0.05, 0.1) is 25.0 Å². The Morgan fingerprint density at radius 3 is 2.36 bits per heavy atom. The Balaban J connectivity index is 2.23. The number of ether oxygens (including phenoxy) is 1. The molecule has 76 valence electrons. The predicted molar refractivity (Wildman–Crippen MR) is 52.9 cm³/mol. The van der Waals surface area contributed by atoms with E-state index in [1.807, 2.05) is 0 Å². The topological polar surface area (TPSA) is 61.0 Å². The Hall–Kier alpha value is -1.16. The Morgan fingerprint density at radius 1 is 1.29 bits per heavy atom. The quantitative estimate of drug-likeness (QED) is 0.767. The van der Waals surface area contributed by atoms with Crippen LogP contribution in [0.4, 0.5) is 0 Å². The number of rotatable bonds is 2. The Morgan fingerprint density at radius 2 is 1.86 bits per heavy atom. The molecule has 0 aliphatic heterocycles. The first-order chi connectivity index (χ1) is 6.74. The second-order valence-electron chi connectivity index (χ2n) is 3.81. The average Bonchev–Trinajstić information content (AvgIpc) is 2.67. The van der Waals surface area contributed by atoms with E-state index in [4.69, 9.17) is 10.5 Å². The predicted octanol–water partition coefficient (Wildman–Crippen LogP) is 1.21. The van der Waals surface area contributed by atoms with Crippen LogP contribution in [0.2, 0.25) is 0 Å². The molecule has 0 amide bonds. The zero-order chi connectivity index (χ0) is 10.0. The van der Waals surface area contributed by atoms with Gasteiger partial charge in [0.1, 0.15) is 5.82 Å². The van der Waals surface area contributed by atoms with Gasteiger partial charge in [0.2, 0.25) is 0 Å². The van der Waals surface area contributed by atoms with Crippen LogP contribution >= 0.6 is 0 Å². The van der Waals surface area contributed by atoms with Crippen molar-refractivity contribution in [3.63, 3.8) is 0 Å². The molecule has 2 rings (SSSR count). The van der Waals surface area contributed by atoms with Gasteiger partial charge in [0, 0.05) is 0 Å². The Labute approximate surface area is 83.5 Å². The minimum absolute atomic E-state index is 0.299. The van der Waals surface area contributed by atoms with Crippen molar-refractivity contribution in [1.82, 2.24) is 9.97 Å². The maximum atomic E-state index is 6.21. The molecule has 0 unspecified atom stereocenters. The normalized spacial score (nSPS) is 19.6. The largest absolute Gasteiger partial charge is 0.494 e. The molecule has 0 spiro atoms. The fourth-order valence-electron chi connectivity index (χ4n) is 1.91. The van der Waals surface area contributed by atoms with Gasteiger partial charge >= 0.3 is 0 Å². The highest BCUT2D eigenvalue weighted by Crippen LogP contribution is 2.34. The number of hydrogen-bond donors (Lipinski definition) is 1. The van der Waals surface area contributed by atoms with Gasteiger partial charge in [-0.1, -0.05) is 12.8 Å². The summed E-state index contributed by atoms with van der Waals surface area (Å²) in [6.45, 7) is 0. The van der Waals surface area contributed by atoms with Gasteiger partial charge in [-0.15, -0.1) is 0 Å². The van der Waals surface area contributed by atoms with E-state index in [0.29, 0.717) is 5.75 Å². The average molecular weight is 193 g/mol. The number of methoxy groups -OCH3 is 1. The maximum absolute atomic E-state index is 6.21. The van der Waals surface area contributed by atoms with Crippen molar-refractivity contribution in [3.05, 3.63) is 18.2 Å². The number of nitrogens with two attached hydrogens (primary N) is 1. The van der Waals surface area contributed by atoms with E-state index in [1.54, 1.807) is 19.5 Å². The van der Waals surface area contributed by atoms with Crippen LogP contribution in [0, 0.1) is 0 Å². The standard InChI is InChI=1S/C10H15N3O/c1-14-8-6-12-9(13-7-8)10(11)4-2-3-5-10/h6-7H,2-5,11H2,1H3. The van der Waals surface area contributed by atoms with Crippen molar-refractivity contribution in [2.24, 2.45) is 5.73 Å². The molecule has 4 nitrogen and oxygen atoms in total. The van der Waals surface area contributed by atoms with E-state index in [9.17, 15) is 0 Å². The lowest BCUT2D eigenvalue weighted by molar-refractivity contribution is 0.399. The fourth-order valence-corrected chi connectivity index (χ4v) is 1.91. The third-order valence-corrected chi connectivity index (χ3v) is 2.80. The van der Waals surface area contributed by atoms with Crippen molar-refractivity contribution >= 4 is 0 Å². The van der Waals surface area contributed by atoms with Crippen LogP contribution in [0.3, 0.4) is 0 Å². The molecule has 0 atom stereocenters. The molecule has 1 aromatic heterocycles. The van der Waals surface area contributed by atoms with Crippen LogP contribution in [0.15, 0.2) is 12.4 Å². The van der Waals surface area contributed by atoms with Gasteiger partial charge in [-0.3, -0.25) is 0 Å². The van der Waals surface area contributed by atoms with Gasteiger partial charge in [-0.25, -0.2) is 9.97 Å². The molecule has 1 heterocycles. The monoisotopic (exact) mass is 193 g/mol. The van der Waals surface area contributed by atoms with Crippen LogP contribution in [0.1, 0.15) is 31.5 Å². The number of nitrogens with zero attached hydrogens (tertiary/aromatic N) is 2. The third-order valence-electron chi connectivity index (χ3n) is 2.80. The van der Waals surface area contributed by atoms with E-state index < -0.39 is 0 Å². The summed E-state index contributed by atoms with van der Waals surface area (Å²) in [6, 6.07) is 0. The van der Waals surface area contributed by atoms with Gasteiger partial charge in [0.15, 0.2) is 5.75 Å². The van der Waals surface area contributed by atoms with Gasteiger partial charge in [-0.05, 0) is 12.8 Å². The molecule has 1 aliphatic carbocycles. The van der Waals surface area contributed by atoms with Crippen molar-refractivity contribution < 1.29 is 4.74 Å². The summed E-state index contributed by atoms with van der Waals surface area (Å²) >= 11 is 0. The molecule has 1 aromatic rings. The molecule has 2 N–H and O–H groups in total. The minimum Gasteiger partial charge on any atom is -0.494 e. The highest BCUT2D eigenvalue weighted by molar-refractivity contribution is 5.16. The highest BCUT2D eigenvalue weighted by Gasteiger charge is 2.33. The molecule has 1 saturated carbocycles. The molecule has 0 aromatic carbocycles. The summed E-state index contributed by atoms with van der Waals surface area (Å²) < 4.78 is 5.00. The van der Waals surface area contributed by atoms with E-state index in [-0.39, 0.29) is 5.54 Å². The molecule has 0 saturated heterocycles. The van der Waals surface area contributed by atoms with Crippen molar-refractivity contribution in [1.29, 1.82) is 0 Å². The molecule has 1 aliphatic rings. The van der Waals surface area contributed by atoms with E-state index >= 15 is 0 Å². The number of hydrogen-bond acceptors (Lipinski definition) is 4. The first kappa shape index (κ1) is 9.40. The highest BCUT2D eigenvalue weighted by atomic mass is 16.5. The van der Waals surface area contributed by atoms with E-state index in [0.717, 1.165) is 18.7 Å². The Bertz CT molecular complexity index is 304. The SMILES string of the molecule is COc1cnc(C2(N)CCCC2)nc1. The van der Waals surface area contributed by atoms with Crippen LogP contribution in [-0.2, 0) is 5.54 Å². The van der Waals surface area contributed by atoms with Gasteiger partial charge in [-0.2, -0.15) is 0 Å². The Kier molecular flexibility index (Phi) is 2.37. The second-order valence-corrected chi connectivity index (χ2v) is 3.81. The first-order valence-electron chi connectivity index (χ1n) is 4.90. The van der Waals surface area contributed by atoms with Crippen molar-refractivity contribution in [3.8, 4) is 5.75 Å². The molecule has 0 radical (unpaired) electrons. The molecular formula is C10H15N3O. The zero-order valence-electron chi connectivity index (χ0n) is 8.36. The van der Waals surface area contributed by atoms with Gasteiger partial charge < -0.3 is 10.5 Å². The zero-order valence-corrected chi connectivity index (χ0v) is 8.36. The minimum atomic E-state index is -0.299. The molecule has 4 heteroatoms. The third kappa shape index (κ3) is 1.57. The van der Waals surface area contributed by atoms with Crippen molar-refractivity contribution in [2.75, 3.05) is 7.11 Å². The number of aromatic nitrogens is 2. The summed E-state index contributed by atoms with van der Waals surface area (Å²) in [7, 11) is 1.60. The molecular weight excluding hydrogens is 178 g/mol. The maximum Gasteiger partial charge on any atom is 0.155 e. The second kappa shape index (κ2) is 3.53. The lowest BCUT2D eigenvalue weighted by Crippen LogP contribution is -2.35. The first-order valence-corrected chi connectivity index (χ1v) is 4.90. The summed E-state index contributed by atoms with van der Waals surface area (Å²) in [6.07, 6.45) is 7.67. The molecule has 0 bridgehead atoms. The molecule has 1 fully saturated rings. The fraction of sp³-hybridized carbons (Fsp3) is 0.600. The van der Waals surface area contributed by atoms with Crippen LogP contribution < -0.4 is 10.5 Å². The van der Waals surface area contributed by atoms with Crippen LogP contribution in [-0.4, -0.2) is 17.1 Å². The summed E-state index contributed by atoms with van der Waals surface area (Å²) in [5, 5.41) is 0. The van der Waals surface area contributed by atoms with E-state index in [2.05, 4.69) is 9.97 Å². The summed E-state index contributed by atoms with van der Waals surface area (Å²) in [5.74, 6) is 1.42. The molecule has 14 heavy (non-hydrogen) atoms. The van der Waals surface area contributed by atoms with Gasteiger partial charge in [0.25, 0.3) is 0 Å². The van der Waals surface area contributed by atoms with Crippen molar-refractivity contribution in [2.45, 2.75) is 31.2 Å². The van der Waals surface area contributed by atoms with Crippen LogP contribution in [0.25, 0.3) is 0 Å².